The summed E-state index contributed by atoms with van der Waals surface area (Å²) in [6.45, 7) is 5.50. The molecule has 6 nitrogen and oxygen atoms in total. The van der Waals surface area contributed by atoms with Crippen LogP contribution < -0.4 is 14.4 Å². The molecule has 0 aliphatic heterocycles. The van der Waals surface area contributed by atoms with Crippen molar-refractivity contribution in [3.8, 4) is 5.75 Å². The van der Waals surface area contributed by atoms with Gasteiger partial charge in [0.1, 0.15) is 12.3 Å². The van der Waals surface area contributed by atoms with Crippen LogP contribution in [0.2, 0.25) is 0 Å². The predicted octanol–water partition coefficient (Wildman–Crippen LogP) is 3.44. The first kappa shape index (κ1) is 20.8. The molecule has 2 aromatic carbocycles. The second-order valence-electron chi connectivity index (χ2n) is 6.53. The van der Waals surface area contributed by atoms with Crippen LogP contribution in [0.3, 0.4) is 0 Å². The van der Waals surface area contributed by atoms with Crippen LogP contribution >= 0.6 is 0 Å². The zero-order valence-electron chi connectivity index (χ0n) is 16.1. The minimum absolute atomic E-state index is 0.0404. The van der Waals surface area contributed by atoms with Crippen LogP contribution in [-0.4, -0.2) is 33.2 Å². The molecular weight excluding hydrogens is 364 g/mol. The van der Waals surface area contributed by atoms with Gasteiger partial charge in [-0.1, -0.05) is 25.1 Å². The fourth-order valence-electron chi connectivity index (χ4n) is 2.54. The summed E-state index contributed by atoms with van der Waals surface area (Å²) in [4.78, 5) is 12.4. The lowest BCUT2D eigenvalue weighted by Crippen LogP contribution is -2.37. The fraction of sp³-hybridized carbons (Fsp3) is 0.350. The number of carbonyl (C=O) groups excluding carboxylic acids is 1. The number of benzene rings is 2. The first-order valence-corrected chi connectivity index (χ1v) is 10.7. The van der Waals surface area contributed by atoms with Crippen molar-refractivity contribution in [2.24, 2.45) is 0 Å². The molecule has 0 atom stereocenters. The van der Waals surface area contributed by atoms with Crippen molar-refractivity contribution in [1.82, 2.24) is 0 Å². The number of ether oxygens (including phenoxy) is 1. The van der Waals surface area contributed by atoms with E-state index in [9.17, 15) is 13.2 Å². The lowest BCUT2D eigenvalue weighted by atomic mass is 10.1. The number of aryl methyl sites for hydroxylation is 1. The lowest BCUT2D eigenvalue weighted by Gasteiger charge is -2.22. The Morgan fingerprint density at radius 3 is 2.37 bits per heavy atom. The predicted molar refractivity (Wildman–Crippen MR) is 109 cm³/mol. The third kappa shape index (κ3) is 6.29. The summed E-state index contributed by atoms with van der Waals surface area (Å²) >= 11 is 0. The maximum absolute atomic E-state index is 12.4. The molecule has 7 heteroatoms. The molecule has 0 aliphatic carbocycles. The molecule has 0 radical (unpaired) electrons. The zero-order chi connectivity index (χ0) is 20.0. The molecule has 2 aromatic rings. The number of carbonyl (C=O) groups is 1. The Morgan fingerprint density at radius 2 is 1.81 bits per heavy atom. The van der Waals surface area contributed by atoms with E-state index in [-0.39, 0.29) is 12.6 Å². The standard InChI is InChI=1S/C20H26N2O4S/c1-5-16-9-11-17(12-10-16)21-20(23)14-22(27(4,24)25)18-7-6-8-19(13-18)26-15(2)3/h6-13,15H,5,14H2,1-4H3,(H,21,23). The van der Waals surface area contributed by atoms with E-state index >= 15 is 0 Å². The molecule has 0 saturated heterocycles. The Balaban J connectivity index is 2.18. The third-order valence-corrected chi connectivity index (χ3v) is 4.95. The van der Waals surface area contributed by atoms with Gasteiger partial charge in [-0.15, -0.1) is 0 Å². The highest BCUT2D eigenvalue weighted by Crippen LogP contribution is 2.24. The smallest absolute Gasteiger partial charge is 0.245 e. The average molecular weight is 391 g/mol. The minimum Gasteiger partial charge on any atom is -0.491 e. The monoisotopic (exact) mass is 390 g/mol. The molecule has 0 unspecified atom stereocenters. The zero-order valence-corrected chi connectivity index (χ0v) is 16.9. The molecule has 0 fully saturated rings. The van der Waals surface area contributed by atoms with Crippen LogP contribution in [0.1, 0.15) is 26.3 Å². The van der Waals surface area contributed by atoms with E-state index in [1.54, 1.807) is 36.4 Å². The Labute approximate surface area is 161 Å². The molecule has 1 amide bonds. The van der Waals surface area contributed by atoms with E-state index in [0.717, 1.165) is 22.5 Å². The number of nitrogens with zero attached hydrogens (tertiary/aromatic N) is 1. The van der Waals surface area contributed by atoms with Crippen LogP contribution in [0.15, 0.2) is 48.5 Å². The van der Waals surface area contributed by atoms with Gasteiger partial charge in [-0.05, 0) is 50.1 Å². The average Bonchev–Trinajstić information content (AvgIpc) is 2.59. The summed E-state index contributed by atoms with van der Waals surface area (Å²) in [6, 6.07) is 14.2. The number of sulfonamides is 1. The molecule has 2 rings (SSSR count). The van der Waals surface area contributed by atoms with Crippen molar-refractivity contribution in [3.63, 3.8) is 0 Å². The summed E-state index contributed by atoms with van der Waals surface area (Å²) in [7, 11) is -3.64. The number of hydrogen-bond donors (Lipinski definition) is 1. The van der Waals surface area contributed by atoms with Gasteiger partial charge in [-0.2, -0.15) is 0 Å². The van der Waals surface area contributed by atoms with Crippen LogP contribution in [0.5, 0.6) is 5.75 Å². The van der Waals surface area contributed by atoms with Crippen molar-refractivity contribution in [1.29, 1.82) is 0 Å². The maximum Gasteiger partial charge on any atom is 0.245 e. The van der Waals surface area contributed by atoms with Crippen molar-refractivity contribution in [2.45, 2.75) is 33.3 Å². The normalized spacial score (nSPS) is 11.3. The Morgan fingerprint density at radius 1 is 1.15 bits per heavy atom. The van der Waals surface area contributed by atoms with Crippen LogP contribution in [0.25, 0.3) is 0 Å². The third-order valence-electron chi connectivity index (χ3n) is 3.81. The number of amides is 1. The number of hydrogen-bond acceptors (Lipinski definition) is 4. The Hall–Kier alpha value is -2.54. The second kappa shape index (κ2) is 8.90. The van der Waals surface area contributed by atoms with E-state index in [2.05, 4.69) is 12.2 Å². The SMILES string of the molecule is CCc1ccc(NC(=O)CN(c2cccc(OC(C)C)c2)S(C)(=O)=O)cc1. The van der Waals surface area contributed by atoms with Gasteiger partial charge >= 0.3 is 0 Å². The number of anilines is 2. The topological polar surface area (TPSA) is 75.7 Å². The lowest BCUT2D eigenvalue weighted by molar-refractivity contribution is -0.114. The van der Waals surface area contributed by atoms with Crippen molar-refractivity contribution in [2.75, 3.05) is 22.4 Å². The molecule has 27 heavy (non-hydrogen) atoms. The van der Waals surface area contributed by atoms with Crippen LogP contribution in [-0.2, 0) is 21.2 Å². The highest BCUT2D eigenvalue weighted by Gasteiger charge is 2.21. The summed E-state index contributed by atoms with van der Waals surface area (Å²) < 4.78 is 31.2. The minimum atomic E-state index is -3.64. The van der Waals surface area contributed by atoms with E-state index in [4.69, 9.17) is 4.74 Å². The summed E-state index contributed by atoms with van der Waals surface area (Å²) in [5, 5.41) is 2.74. The Kier molecular flexibility index (Phi) is 6.85. The molecule has 146 valence electrons. The second-order valence-corrected chi connectivity index (χ2v) is 8.44. The van der Waals surface area contributed by atoms with E-state index in [1.807, 2.05) is 26.0 Å². The molecular formula is C20H26N2O4S. The van der Waals surface area contributed by atoms with E-state index < -0.39 is 15.9 Å². The van der Waals surface area contributed by atoms with Gasteiger partial charge in [-0.25, -0.2) is 8.42 Å². The quantitative estimate of drug-likeness (QED) is 0.749. The van der Waals surface area contributed by atoms with Crippen LogP contribution in [0, 0.1) is 0 Å². The first-order chi connectivity index (χ1) is 12.7. The summed E-state index contributed by atoms with van der Waals surface area (Å²) in [5.41, 5.74) is 2.17. The van der Waals surface area contributed by atoms with Crippen molar-refractivity contribution < 1.29 is 17.9 Å². The molecule has 0 aromatic heterocycles. The summed E-state index contributed by atoms with van der Waals surface area (Å²) in [5.74, 6) is 0.131. The maximum atomic E-state index is 12.4. The largest absolute Gasteiger partial charge is 0.491 e. The van der Waals surface area contributed by atoms with Gasteiger partial charge in [0.2, 0.25) is 15.9 Å². The van der Waals surface area contributed by atoms with E-state index in [0.29, 0.717) is 17.1 Å². The van der Waals surface area contributed by atoms with E-state index in [1.165, 1.54) is 0 Å². The number of nitrogens with one attached hydrogen (secondary N) is 1. The molecule has 1 N–H and O–H groups in total. The molecule has 0 saturated carbocycles. The van der Waals surface area contributed by atoms with Gasteiger partial charge in [0, 0.05) is 11.8 Å². The van der Waals surface area contributed by atoms with Gasteiger partial charge in [0.15, 0.2) is 0 Å². The highest BCUT2D eigenvalue weighted by molar-refractivity contribution is 7.92. The fourth-order valence-corrected chi connectivity index (χ4v) is 3.39. The van der Waals surface area contributed by atoms with Crippen molar-refractivity contribution >= 4 is 27.3 Å². The number of rotatable bonds is 8. The molecule has 0 spiro atoms. The summed E-state index contributed by atoms with van der Waals surface area (Å²) in [6.07, 6.45) is 1.94. The molecule has 0 aliphatic rings. The Bertz CT molecular complexity index is 877. The van der Waals surface area contributed by atoms with Gasteiger partial charge in [0.25, 0.3) is 0 Å². The van der Waals surface area contributed by atoms with Gasteiger partial charge in [0.05, 0.1) is 18.0 Å². The molecule has 0 heterocycles. The first-order valence-electron chi connectivity index (χ1n) is 8.82. The van der Waals surface area contributed by atoms with Crippen molar-refractivity contribution in [3.05, 3.63) is 54.1 Å². The van der Waals surface area contributed by atoms with Crippen LogP contribution in [0.4, 0.5) is 11.4 Å². The highest BCUT2D eigenvalue weighted by atomic mass is 32.2. The molecule has 0 bridgehead atoms. The van der Waals surface area contributed by atoms with Gasteiger partial charge < -0.3 is 10.1 Å². The van der Waals surface area contributed by atoms with Gasteiger partial charge in [-0.3, -0.25) is 9.10 Å².